The number of aliphatic hydroxyl groups excluding tert-OH is 1. The van der Waals surface area contributed by atoms with Crippen molar-refractivity contribution in [2.24, 2.45) is 0 Å². The van der Waals surface area contributed by atoms with Gasteiger partial charge in [-0.3, -0.25) is 0 Å². The number of aryl methyl sites for hydroxylation is 2. The SMILES string of the molecule is Cc1cccc(C)c1NCCCC(NCc1ccccc1)C(O)c1ccccc1. The zero-order chi connectivity index (χ0) is 20.5. The summed E-state index contributed by atoms with van der Waals surface area (Å²) in [6, 6.07) is 26.7. The lowest BCUT2D eigenvalue weighted by atomic mass is 9.98. The fraction of sp³-hybridized carbons (Fsp3) is 0.308. The van der Waals surface area contributed by atoms with E-state index >= 15 is 0 Å². The smallest absolute Gasteiger partial charge is 0.0943 e. The fourth-order valence-electron chi connectivity index (χ4n) is 3.73. The molecule has 0 heterocycles. The van der Waals surface area contributed by atoms with Gasteiger partial charge in [0.05, 0.1) is 6.10 Å². The predicted octanol–water partition coefficient (Wildman–Crippen LogP) is 5.39. The summed E-state index contributed by atoms with van der Waals surface area (Å²) in [6.45, 7) is 5.91. The topological polar surface area (TPSA) is 44.3 Å². The lowest BCUT2D eigenvalue weighted by Gasteiger charge is -2.25. The molecule has 0 saturated heterocycles. The van der Waals surface area contributed by atoms with Crippen LogP contribution in [-0.2, 0) is 6.54 Å². The molecule has 0 aliphatic heterocycles. The van der Waals surface area contributed by atoms with Gasteiger partial charge in [0.2, 0.25) is 0 Å². The average Bonchev–Trinajstić information content (AvgIpc) is 2.76. The minimum Gasteiger partial charge on any atom is -0.387 e. The molecule has 3 aromatic carbocycles. The van der Waals surface area contributed by atoms with Crippen molar-refractivity contribution in [1.29, 1.82) is 0 Å². The van der Waals surface area contributed by atoms with Crippen LogP contribution in [-0.4, -0.2) is 17.7 Å². The molecule has 0 aliphatic carbocycles. The van der Waals surface area contributed by atoms with E-state index in [-0.39, 0.29) is 6.04 Å². The Hall–Kier alpha value is -2.62. The third kappa shape index (κ3) is 6.18. The van der Waals surface area contributed by atoms with Crippen molar-refractivity contribution in [2.45, 2.75) is 45.4 Å². The maximum atomic E-state index is 11.0. The van der Waals surface area contributed by atoms with Gasteiger partial charge in [-0.2, -0.15) is 0 Å². The number of nitrogens with one attached hydrogen (secondary N) is 2. The maximum Gasteiger partial charge on any atom is 0.0943 e. The van der Waals surface area contributed by atoms with Crippen LogP contribution in [0.2, 0.25) is 0 Å². The Morgan fingerprint density at radius 3 is 2.07 bits per heavy atom. The fourth-order valence-corrected chi connectivity index (χ4v) is 3.73. The van der Waals surface area contributed by atoms with E-state index in [0.717, 1.165) is 31.5 Å². The largest absolute Gasteiger partial charge is 0.387 e. The van der Waals surface area contributed by atoms with Gasteiger partial charge in [-0.1, -0.05) is 78.9 Å². The number of rotatable bonds is 10. The molecule has 2 atom stereocenters. The summed E-state index contributed by atoms with van der Waals surface area (Å²) in [5.41, 5.74) is 5.96. The number of hydrogen-bond donors (Lipinski definition) is 3. The van der Waals surface area contributed by atoms with Crippen molar-refractivity contribution in [1.82, 2.24) is 5.32 Å². The van der Waals surface area contributed by atoms with Crippen LogP contribution in [0, 0.1) is 13.8 Å². The lowest BCUT2D eigenvalue weighted by molar-refractivity contribution is 0.122. The summed E-state index contributed by atoms with van der Waals surface area (Å²) in [7, 11) is 0. The van der Waals surface area contributed by atoms with Gasteiger partial charge in [-0.25, -0.2) is 0 Å². The highest BCUT2D eigenvalue weighted by Crippen LogP contribution is 2.22. The molecule has 3 aromatic rings. The predicted molar refractivity (Wildman–Crippen MR) is 122 cm³/mol. The Kier molecular flexibility index (Phi) is 7.85. The summed E-state index contributed by atoms with van der Waals surface area (Å²) >= 11 is 0. The van der Waals surface area contributed by atoms with E-state index in [1.165, 1.54) is 22.4 Å². The molecule has 0 saturated carbocycles. The average molecular weight is 389 g/mol. The molecule has 3 nitrogen and oxygen atoms in total. The molecule has 3 heteroatoms. The first-order valence-corrected chi connectivity index (χ1v) is 10.5. The maximum absolute atomic E-state index is 11.0. The molecule has 0 aromatic heterocycles. The number of hydrogen-bond acceptors (Lipinski definition) is 3. The first kappa shape index (κ1) is 21.1. The van der Waals surface area contributed by atoms with Crippen LogP contribution in [0.25, 0.3) is 0 Å². The van der Waals surface area contributed by atoms with E-state index in [0.29, 0.717) is 0 Å². The second-order valence-corrected chi connectivity index (χ2v) is 7.66. The Balaban J connectivity index is 1.60. The van der Waals surface area contributed by atoms with E-state index in [1.54, 1.807) is 0 Å². The quantitative estimate of drug-likeness (QED) is 0.408. The van der Waals surface area contributed by atoms with Gasteiger partial charge in [0.1, 0.15) is 0 Å². The molecule has 3 N–H and O–H groups in total. The van der Waals surface area contributed by atoms with Crippen molar-refractivity contribution in [2.75, 3.05) is 11.9 Å². The summed E-state index contributed by atoms with van der Waals surface area (Å²) < 4.78 is 0. The molecule has 3 rings (SSSR count). The number of para-hydroxylation sites is 1. The van der Waals surface area contributed by atoms with Crippen molar-refractivity contribution >= 4 is 5.69 Å². The number of anilines is 1. The first-order valence-electron chi connectivity index (χ1n) is 10.5. The molecule has 152 valence electrons. The molecule has 29 heavy (non-hydrogen) atoms. The number of aliphatic hydroxyl groups is 1. The highest BCUT2D eigenvalue weighted by atomic mass is 16.3. The molecule has 2 unspecified atom stereocenters. The van der Waals surface area contributed by atoms with E-state index in [2.05, 4.69) is 54.8 Å². The van der Waals surface area contributed by atoms with Gasteiger partial charge >= 0.3 is 0 Å². The highest BCUT2D eigenvalue weighted by molar-refractivity contribution is 5.56. The normalized spacial score (nSPS) is 13.1. The van der Waals surface area contributed by atoms with Gasteiger partial charge in [-0.15, -0.1) is 0 Å². The van der Waals surface area contributed by atoms with Crippen molar-refractivity contribution < 1.29 is 5.11 Å². The van der Waals surface area contributed by atoms with Crippen LogP contribution in [0.15, 0.2) is 78.9 Å². The molecule has 0 bridgehead atoms. The molecule has 0 aliphatic rings. The first-order chi connectivity index (χ1) is 14.1. The van der Waals surface area contributed by atoms with Crippen molar-refractivity contribution in [3.05, 3.63) is 101 Å². The Bertz CT molecular complexity index is 844. The summed E-state index contributed by atoms with van der Waals surface area (Å²) in [6.07, 6.45) is 1.34. The second kappa shape index (κ2) is 10.8. The monoisotopic (exact) mass is 388 g/mol. The van der Waals surface area contributed by atoms with Crippen molar-refractivity contribution in [3.63, 3.8) is 0 Å². The summed E-state index contributed by atoms with van der Waals surface area (Å²) in [4.78, 5) is 0. The van der Waals surface area contributed by atoms with E-state index in [9.17, 15) is 5.11 Å². The van der Waals surface area contributed by atoms with Gasteiger partial charge in [0.25, 0.3) is 0 Å². The Labute approximate surface area is 174 Å². The highest BCUT2D eigenvalue weighted by Gasteiger charge is 2.20. The Morgan fingerprint density at radius 2 is 1.41 bits per heavy atom. The third-order valence-corrected chi connectivity index (χ3v) is 5.41. The molecule has 0 radical (unpaired) electrons. The zero-order valence-electron chi connectivity index (χ0n) is 17.4. The summed E-state index contributed by atoms with van der Waals surface area (Å²) in [5, 5.41) is 18.1. The van der Waals surface area contributed by atoms with Crippen LogP contribution in [0.3, 0.4) is 0 Å². The summed E-state index contributed by atoms with van der Waals surface area (Å²) in [5.74, 6) is 0. The minimum atomic E-state index is -0.528. The van der Waals surface area contributed by atoms with Crippen LogP contribution in [0.4, 0.5) is 5.69 Å². The minimum absolute atomic E-state index is 0.00243. The van der Waals surface area contributed by atoms with E-state index in [1.807, 2.05) is 48.5 Å². The van der Waals surface area contributed by atoms with E-state index < -0.39 is 6.10 Å². The third-order valence-electron chi connectivity index (χ3n) is 5.41. The molecule has 0 amide bonds. The molecule has 0 spiro atoms. The number of benzene rings is 3. The molecule has 0 fully saturated rings. The van der Waals surface area contributed by atoms with Gasteiger partial charge in [0.15, 0.2) is 0 Å². The van der Waals surface area contributed by atoms with Crippen LogP contribution in [0.5, 0.6) is 0 Å². The Morgan fingerprint density at radius 1 is 0.793 bits per heavy atom. The van der Waals surface area contributed by atoms with Gasteiger partial charge in [-0.05, 0) is 48.9 Å². The molecular formula is C26H32N2O. The van der Waals surface area contributed by atoms with Crippen LogP contribution < -0.4 is 10.6 Å². The van der Waals surface area contributed by atoms with Crippen LogP contribution in [0.1, 0.15) is 41.2 Å². The molecular weight excluding hydrogens is 356 g/mol. The standard InChI is InChI=1S/C26H32N2O/c1-20-11-9-12-21(2)25(20)27-18-10-17-24(26(29)23-15-7-4-8-16-23)28-19-22-13-5-3-6-14-22/h3-9,11-16,24,26-29H,10,17-19H2,1-2H3. The zero-order valence-corrected chi connectivity index (χ0v) is 17.4. The lowest BCUT2D eigenvalue weighted by Crippen LogP contribution is -2.35. The van der Waals surface area contributed by atoms with Gasteiger partial charge in [0, 0.05) is 24.8 Å². The van der Waals surface area contributed by atoms with Crippen LogP contribution >= 0.6 is 0 Å². The van der Waals surface area contributed by atoms with Gasteiger partial charge < -0.3 is 15.7 Å². The van der Waals surface area contributed by atoms with Crippen molar-refractivity contribution in [3.8, 4) is 0 Å². The second-order valence-electron chi connectivity index (χ2n) is 7.66. The van der Waals surface area contributed by atoms with E-state index in [4.69, 9.17) is 0 Å².